The second-order valence-corrected chi connectivity index (χ2v) is 4.93. The molecule has 1 aromatic carbocycles. The molecule has 2 unspecified atom stereocenters. The number of aromatic amines is 1. The van der Waals surface area contributed by atoms with E-state index in [0.717, 1.165) is 17.7 Å². The highest BCUT2D eigenvalue weighted by molar-refractivity contribution is 5.95. The number of carbonyl (C=O) groups is 1. The Kier molecular flexibility index (Phi) is 2.83. The molecule has 5 heteroatoms. The number of nitrogens with two attached hydrogens (primary N) is 1. The predicted octanol–water partition coefficient (Wildman–Crippen LogP) is 1.07. The monoisotopic (exact) mass is 256 g/mol. The van der Waals surface area contributed by atoms with Crippen LogP contribution in [0.5, 0.6) is 0 Å². The van der Waals surface area contributed by atoms with Gasteiger partial charge in [0.1, 0.15) is 0 Å². The van der Waals surface area contributed by atoms with Gasteiger partial charge in [0.05, 0.1) is 17.8 Å². The lowest BCUT2D eigenvalue weighted by Crippen LogP contribution is -2.38. The number of benzene rings is 1. The molecule has 0 radical (unpaired) electrons. The highest BCUT2D eigenvalue weighted by atomic mass is 16.1. The molecule has 0 saturated heterocycles. The van der Waals surface area contributed by atoms with Gasteiger partial charge in [0.15, 0.2) is 0 Å². The fraction of sp³-hybridized carbons (Fsp3) is 0.286. The number of nitrogens with one attached hydrogen (secondary N) is 2. The Morgan fingerprint density at radius 1 is 1.47 bits per heavy atom. The first-order valence-corrected chi connectivity index (χ1v) is 6.31. The highest BCUT2D eigenvalue weighted by Gasteiger charge is 2.31. The van der Waals surface area contributed by atoms with Crippen LogP contribution >= 0.6 is 0 Å². The van der Waals surface area contributed by atoms with Crippen LogP contribution < -0.4 is 11.1 Å². The maximum Gasteiger partial charge on any atom is 0.255 e. The number of rotatable bonds is 2. The van der Waals surface area contributed by atoms with E-state index in [9.17, 15) is 4.79 Å². The molecule has 1 aromatic heterocycles. The summed E-state index contributed by atoms with van der Waals surface area (Å²) in [5, 5.41) is 9.63. The summed E-state index contributed by atoms with van der Waals surface area (Å²) < 4.78 is 0. The third-order valence-corrected chi connectivity index (χ3v) is 3.64. The van der Waals surface area contributed by atoms with E-state index < -0.39 is 0 Å². The molecule has 2 atom stereocenters. The largest absolute Gasteiger partial charge is 0.344 e. The molecule has 1 amide bonds. The first kappa shape index (κ1) is 11.9. The number of hydrogen-bond donors (Lipinski definition) is 3. The summed E-state index contributed by atoms with van der Waals surface area (Å²) in [6, 6.07) is 7.85. The zero-order valence-electron chi connectivity index (χ0n) is 10.7. The topological polar surface area (TPSA) is 83.8 Å². The first-order valence-electron chi connectivity index (χ1n) is 6.31. The molecule has 19 heavy (non-hydrogen) atoms. The van der Waals surface area contributed by atoms with Gasteiger partial charge in [-0.05, 0) is 24.5 Å². The van der Waals surface area contributed by atoms with Crippen molar-refractivity contribution in [2.75, 3.05) is 0 Å². The van der Waals surface area contributed by atoms with Crippen molar-refractivity contribution in [1.82, 2.24) is 15.5 Å². The first-order chi connectivity index (χ1) is 9.16. The van der Waals surface area contributed by atoms with Crippen LogP contribution in [0.1, 0.15) is 33.2 Å². The van der Waals surface area contributed by atoms with Gasteiger partial charge < -0.3 is 11.1 Å². The van der Waals surface area contributed by atoms with Gasteiger partial charge >= 0.3 is 0 Å². The van der Waals surface area contributed by atoms with Crippen molar-refractivity contribution in [3.63, 3.8) is 0 Å². The van der Waals surface area contributed by atoms with Crippen molar-refractivity contribution in [2.24, 2.45) is 5.73 Å². The predicted molar refractivity (Wildman–Crippen MR) is 71.7 cm³/mol. The second-order valence-electron chi connectivity index (χ2n) is 4.93. The number of amides is 1. The Morgan fingerprint density at radius 3 is 3.00 bits per heavy atom. The van der Waals surface area contributed by atoms with Gasteiger partial charge in [-0.3, -0.25) is 9.89 Å². The van der Waals surface area contributed by atoms with Crippen LogP contribution in [0.25, 0.3) is 0 Å². The Morgan fingerprint density at radius 2 is 2.26 bits per heavy atom. The summed E-state index contributed by atoms with van der Waals surface area (Å²) in [6.07, 6.45) is 2.34. The van der Waals surface area contributed by atoms with Gasteiger partial charge in [-0.25, -0.2) is 0 Å². The zero-order valence-corrected chi connectivity index (χ0v) is 10.7. The van der Waals surface area contributed by atoms with Gasteiger partial charge in [-0.2, -0.15) is 5.10 Å². The number of H-pyrrole nitrogens is 1. The standard InChI is InChI=1S/C14H16N4O/c1-8-11(7-16-18-8)14(19)17-13-10-5-3-2-4-9(10)6-12(13)15/h2-5,7,12-13H,6,15H2,1H3,(H,16,18)(H,17,19). The fourth-order valence-electron chi connectivity index (χ4n) is 2.61. The molecule has 1 heterocycles. The number of aryl methyl sites for hydroxylation is 1. The average molecular weight is 256 g/mol. The minimum Gasteiger partial charge on any atom is -0.344 e. The van der Waals surface area contributed by atoms with E-state index in [2.05, 4.69) is 21.6 Å². The lowest BCUT2D eigenvalue weighted by atomic mass is 10.1. The van der Waals surface area contributed by atoms with Crippen molar-refractivity contribution in [3.05, 3.63) is 52.8 Å². The highest BCUT2D eigenvalue weighted by Crippen LogP contribution is 2.30. The molecule has 1 aliphatic rings. The molecular weight excluding hydrogens is 240 g/mol. The molecule has 0 bridgehead atoms. The lowest BCUT2D eigenvalue weighted by molar-refractivity contribution is 0.0932. The smallest absolute Gasteiger partial charge is 0.255 e. The van der Waals surface area contributed by atoms with E-state index in [1.807, 2.05) is 25.1 Å². The third kappa shape index (κ3) is 2.02. The zero-order chi connectivity index (χ0) is 13.4. The van der Waals surface area contributed by atoms with Gasteiger partial charge in [-0.15, -0.1) is 0 Å². The second kappa shape index (κ2) is 4.51. The number of hydrogen-bond acceptors (Lipinski definition) is 3. The van der Waals surface area contributed by atoms with Crippen LogP contribution in [0.3, 0.4) is 0 Å². The maximum atomic E-state index is 12.2. The Bertz CT molecular complexity index is 619. The number of carbonyl (C=O) groups excluding carboxylic acids is 1. The van der Waals surface area contributed by atoms with Gasteiger partial charge in [0.2, 0.25) is 0 Å². The molecule has 0 aliphatic heterocycles. The Labute approximate surface area is 111 Å². The van der Waals surface area contributed by atoms with Crippen molar-refractivity contribution >= 4 is 5.91 Å². The minimum atomic E-state index is -0.136. The summed E-state index contributed by atoms with van der Waals surface area (Å²) >= 11 is 0. The molecule has 1 aliphatic carbocycles. The summed E-state index contributed by atoms with van der Waals surface area (Å²) in [6.45, 7) is 1.82. The van der Waals surface area contributed by atoms with E-state index in [4.69, 9.17) is 5.73 Å². The van der Waals surface area contributed by atoms with Crippen molar-refractivity contribution in [3.8, 4) is 0 Å². The minimum absolute atomic E-state index is 0.0754. The van der Waals surface area contributed by atoms with E-state index in [1.54, 1.807) is 0 Å². The molecular formula is C14H16N4O. The quantitative estimate of drug-likeness (QED) is 0.751. The van der Waals surface area contributed by atoms with Gasteiger partial charge in [0.25, 0.3) is 5.91 Å². The molecule has 2 aromatic rings. The van der Waals surface area contributed by atoms with Crippen LogP contribution in [-0.4, -0.2) is 22.1 Å². The van der Waals surface area contributed by atoms with Gasteiger partial charge in [-0.1, -0.05) is 24.3 Å². The van der Waals surface area contributed by atoms with Crippen LogP contribution in [0.4, 0.5) is 0 Å². The molecule has 0 fully saturated rings. The third-order valence-electron chi connectivity index (χ3n) is 3.64. The molecule has 5 nitrogen and oxygen atoms in total. The molecule has 0 spiro atoms. The summed E-state index contributed by atoms with van der Waals surface area (Å²) in [4.78, 5) is 12.2. The summed E-state index contributed by atoms with van der Waals surface area (Å²) in [7, 11) is 0. The van der Waals surface area contributed by atoms with Crippen LogP contribution in [0, 0.1) is 6.92 Å². The van der Waals surface area contributed by atoms with E-state index in [-0.39, 0.29) is 18.0 Å². The van der Waals surface area contributed by atoms with Crippen LogP contribution in [0.15, 0.2) is 30.5 Å². The van der Waals surface area contributed by atoms with Gasteiger partial charge in [0, 0.05) is 11.7 Å². The molecule has 3 rings (SSSR count). The van der Waals surface area contributed by atoms with E-state index >= 15 is 0 Å². The van der Waals surface area contributed by atoms with Crippen molar-refractivity contribution < 1.29 is 4.79 Å². The lowest BCUT2D eigenvalue weighted by Gasteiger charge is -2.18. The SMILES string of the molecule is Cc1[nH]ncc1C(=O)NC1c2ccccc2CC1N. The van der Waals surface area contributed by atoms with Crippen molar-refractivity contribution in [2.45, 2.75) is 25.4 Å². The molecule has 4 N–H and O–H groups in total. The Balaban J connectivity index is 1.84. The van der Waals surface area contributed by atoms with E-state index in [0.29, 0.717) is 5.56 Å². The van der Waals surface area contributed by atoms with Crippen molar-refractivity contribution in [1.29, 1.82) is 0 Å². The molecule has 98 valence electrons. The normalized spacial score (nSPS) is 21.2. The average Bonchev–Trinajstić information content (AvgIpc) is 2.94. The van der Waals surface area contributed by atoms with Crippen LogP contribution in [-0.2, 0) is 6.42 Å². The number of nitrogens with zero attached hydrogens (tertiary/aromatic N) is 1. The maximum absolute atomic E-state index is 12.2. The summed E-state index contributed by atoms with van der Waals surface area (Å²) in [5.41, 5.74) is 9.79. The summed E-state index contributed by atoms with van der Waals surface area (Å²) in [5.74, 6) is -0.136. The molecule has 0 saturated carbocycles. The van der Waals surface area contributed by atoms with Crippen LogP contribution in [0.2, 0.25) is 0 Å². The number of fused-ring (bicyclic) bond motifs is 1. The fourth-order valence-corrected chi connectivity index (χ4v) is 2.61. The number of aromatic nitrogens is 2. The van der Waals surface area contributed by atoms with E-state index in [1.165, 1.54) is 11.8 Å². The Hall–Kier alpha value is -2.14.